The van der Waals surface area contributed by atoms with E-state index < -0.39 is 10.0 Å². The van der Waals surface area contributed by atoms with E-state index in [-0.39, 0.29) is 4.90 Å². The van der Waals surface area contributed by atoms with E-state index in [1.807, 2.05) is 0 Å². The van der Waals surface area contributed by atoms with Crippen LogP contribution < -0.4 is 10.1 Å². The first-order valence-corrected chi connectivity index (χ1v) is 6.85. The summed E-state index contributed by atoms with van der Waals surface area (Å²) in [5.74, 6) is 0. The molecule has 96 valence electrons. The van der Waals surface area contributed by atoms with E-state index in [0.717, 1.165) is 5.56 Å². The van der Waals surface area contributed by atoms with Crippen LogP contribution in [0.25, 0.3) is 0 Å². The molecule has 0 aliphatic carbocycles. The Bertz CT molecular complexity index is 488. The molecule has 0 bridgehead atoms. The number of halogens is 1. The zero-order chi connectivity index (χ0) is 13.1. The summed E-state index contributed by atoms with van der Waals surface area (Å²) in [6.07, 6.45) is 0. The van der Waals surface area contributed by atoms with E-state index in [1.165, 1.54) is 17.1 Å². The maximum absolute atomic E-state index is 11.8. The standard InChI is InChI=1S/C10H16ClN3O2S/c1-12-7-8-4-5-9(6-10(8)11)17(15,16)13-14(2)3/h4-6,12-13H,7H2,1-3H3. The van der Waals surface area contributed by atoms with Crippen molar-refractivity contribution in [2.75, 3.05) is 21.1 Å². The minimum atomic E-state index is -3.54. The van der Waals surface area contributed by atoms with Crippen molar-refractivity contribution in [2.24, 2.45) is 0 Å². The summed E-state index contributed by atoms with van der Waals surface area (Å²) < 4.78 is 23.7. The number of rotatable bonds is 5. The van der Waals surface area contributed by atoms with Gasteiger partial charge in [-0.3, -0.25) is 0 Å². The van der Waals surface area contributed by atoms with E-state index >= 15 is 0 Å². The second-order valence-corrected chi connectivity index (χ2v) is 5.84. The largest absolute Gasteiger partial charge is 0.316 e. The van der Waals surface area contributed by atoms with Crippen LogP contribution in [0, 0.1) is 0 Å². The second-order valence-electron chi connectivity index (χ2n) is 3.77. The van der Waals surface area contributed by atoms with Gasteiger partial charge in [0.05, 0.1) is 4.90 Å². The van der Waals surface area contributed by atoms with E-state index in [2.05, 4.69) is 10.1 Å². The van der Waals surface area contributed by atoms with Crippen molar-refractivity contribution in [1.29, 1.82) is 0 Å². The smallest absolute Gasteiger partial charge is 0.253 e. The van der Waals surface area contributed by atoms with Crippen LogP contribution in [0.4, 0.5) is 0 Å². The highest BCUT2D eigenvalue weighted by molar-refractivity contribution is 7.89. The number of nitrogens with one attached hydrogen (secondary N) is 2. The van der Waals surface area contributed by atoms with Gasteiger partial charge in [-0.2, -0.15) is 0 Å². The Kier molecular flexibility index (Phi) is 4.91. The quantitative estimate of drug-likeness (QED) is 0.782. The number of sulfonamides is 1. The fraction of sp³-hybridized carbons (Fsp3) is 0.400. The summed E-state index contributed by atoms with van der Waals surface area (Å²) in [5, 5.41) is 4.75. The highest BCUT2D eigenvalue weighted by atomic mass is 35.5. The molecule has 5 nitrogen and oxygen atoms in total. The van der Waals surface area contributed by atoms with Crippen LogP contribution in [0.5, 0.6) is 0 Å². The Balaban J connectivity index is 3.05. The number of benzene rings is 1. The van der Waals surface area contributed by atoms with Crippen molar-refractivity contribution in [1.82, 2.24) is 15.2 Å². The normalized spacial score (nSPS) is 12.1. The van der Waals surface area contributed by atoms with Gasteiger partial charge >= 0.3 is 0 Å². The number of hydrazine groups is 1. The molecule has 1 aromatic rings. The van der Waals surface area contributed by atoms with Crippen molar-refractivity contribution in [3.63, 3.8) is 0 Å². The summed E-state index contributed by atoms with van der Waals surface area (Å²) in [6.45, 7) is 0.597. The molecule has 0 radical (unpaired) electrons. The third kappa shape index (κ3) is 3.93. The monoisotopic (exact) mass is 277 g/mol. The van der Waals surface area contributed by atoms with Crippen LogP contribution in [0.1, 0.15) is 5.56 Å². The van der Waals surface area contributed by atoms with Crippen LogP contribution in [-0.4, -0.2) is 34.6 Å². The van der Waals surface area contributed by atoms with Crippen molar-refractivity contribution in [3.05, 3.63) is 28.8 Å². The summed E-state index contributed by atoms with van der Waals surface area (Å²) in [6, 6.07) is 4.67. The molecule has 0 aliphatic rings. The van der Waals surface area contributed by atoms with Gasteiger partial charge in [-0.1, -0.05) is 17.7 Å². The highest BCUT2D eigenvalue weighted by Gasteiger charge is 2.16. The Morgan fingerprint density at radius 2 is 2.00 bits per heavy atom. The van der Waals surface area contributed by atoms with Gasteiger partial charge in [0.2, 0.25) is 0 Å². The molecule has 1 aromatic carbocycles. The van der Waals surface area contributed by atoms with Gasteiger partial charge in [-0.15, -0.1) is 4.83 Å². The first-order chi connectivity index (χ1) is 7.86. The third-order valence-corrected chi connectivity index (χ3v) is 3.84. The first-order valence-electron chi connectivity index (χ1n) is 4.99. The predicted molar refractivity (Wildman–Crippen MR) is 68.2 cm³/mol. The summed E-state index contributed by atoms with van der Waals surface area (Å²) >= 11 is 6.00. The number of hydrogen-bond donors (Lipinski definition) is 2. The molecule has 0 aliphatic heterocycles. The molecule has 0 saturated carbocycles. The van der Waals surface area contributed by atoms with Crippen molar-refractivity contribution < 1.29 is 8.42 Å². The molecule has 1 rings (SSSR count). The van der Waals surface area contributed by atoms with E-state index in [9.17, 15) is 8.42 Å². The van der Waals surface area contributed by atoms with Gasteiger partial charge in [0.25, 0.3) is 10.0 Å². The van der Waals surface area contributed by atoms with Crippen LogP contribution in [0.2, 0.25) is 5.02 Å². The third-order valence-electron chi connectivity index (χ3n) is 2.00. The highest BCUT2D eigenvalue weighted by Crippen LogP contribution is 2.20. The van der Waals surface area contributed by atoms with Gasteiger partial charge < -0.3 is 5.32 Å². The van der Waals surface area contributed by atoms with Crippen LogP contribution in [-0.2, 0) is 16.6 Å². The van der Waals surface area contributed by atoms with Gasteiger partial charge in [-0.05, 0) is 24.7 Å². The van der Waals surface area contributed by atoms with E-state index in [0.29, 0.717) is 11.6 Å². The first kappa shape index (κ1) is 14.4. The summed E-state index contributed by atoms with van der Waals surface area (Å²) in [4.78, 5) is 2.49. The average Bonchev–Trinajstić information content (AvgIpc) is 2.19. The molecule has 0 aromatic heterocycles. The Labute approximate surface area is 107 Å². The lowest BCUT2D eigenvalue weighted by Gasteiger charge is -2.13. The van der Waals surface area contributed by atoms with E-state index in [1.54, 1.807) is 27.2 Å². The maximum atomic E-state index is 11.8. The maximum Gasteiger partial charge on any atom is 0.253 e. The molecular formula is C10H16ClN3O2S. The molecule has 17 heavy (non-hydrogen) atoms. The lowest BCUT2D eigenvalue weighted by molar-refractivity contribution is 0.364. The van der Waals surface area contributed by atoms with Crippen LogP contribution in [0.3, 0.4) is 0 Å². The number of nitrogens with zero attached hydrogens (tertiary/aromatic N) is 1. The van der Waals surface area contributed by atoms with Crippen molar-refractivity contribution in [2.45, 2.75) is 11.4 Å². The molecule has 0 saturated heterocycles. The lowest BCUT2D eigenvalue weighted by atomic mass is 10.2. The van der Waals surface area contributed by atoms with Gasteiger partial charge in [-0.25, -0.2) is 13.4 Å². The average molecular weight is 278 g/mol. The topological polar surface area (TPSA) is 61.4 Å². The van der Waals surface area contributed by atoms with Crippen molar-refractivity contribution in [3.8, 4) is 0 Å². The zero-order valence-corrected chi connectivity index (χ0v) is 11.6. The fourth-order valence-corrected chi connectivity index (χ4v) is 2.74. The molecule has 0 amide bonds. The molecule has 2 N–H and O–H groups in total. The summed E-state index contributed by atoms with van der Waals surface area (Å²) in [5.41, 5.74) is 0.859. The molecule has 0 heterocycles. The molecule has 7 heteroatoms. The van der Waals surface area contributed by atoms with Crippen LogP contribution in [0.15, 0.2) is 23.1 Å². The molecule has 0 atom stereocenters. The number of hydrogen-bond acceptors (Lipinski definition) is 4. The molecule has 0 spiro atoms. The minimum absolute atomic E-state index is 0.149. The predicted octanol–water partition coefficient (Wildman–Crippen LogP) is 0.814. The Morgan fingerprint density at radius 1 is 1.35 bits per heavy atom. The lowest BCUT2D eigenvalue weighted by Crippen LogP contribution is -2.36. The summed E-state index contributed by atoms with van der Waals surface area (Å²) in [7, 11) is 1.47. The van der Waals surface area contributed by atoms with Gasteiger partial charge in [0.1, 0.15) is 0 Å². The zero-order valence-electron chi connectivity index (χ0n) is 9.99. The van der Waals surface area contributed by atoms with Crippen LogP contribution >= 0.6 is 11.6 Å². The second kappa shape index (κ2) is 5.79. The van der Waals surface area contributed by atoms with Crippen molar-refractivity contribution >= 4 is 21.6 Å². The van der Waals surface area contributed by atoms with Gasteiger partial charge in [0, 0.05) is 25.7 Å². The molecular weight excluding hydrogens is 262 g/mol. The SMILES string of the molecule is CNCc1ccc(S(=O)(=O)NN(C)C)cc1Cl. The van der Waals surface area contributed by atoms with Gasteiger partial charge in [0.15, 0.2) is 0 Å². The van der Waals surface area contributed by atoms with E-state index in [4.69, 9.17) is 11.6 Å². The fourth-order valence-electron chi connectivity index (χ4n) is 1.32. The Hall–Kier alpha value is -0.660. The molecule has 0 fully saturated rings. The molecule has 0 unspecified atom stereocenters. The minimum Gasteiger partial charge on any atom is -0.316 e. The Morgan fingerprint density at radius 3 is 2.47 bits per heavy atom.